The topological polar surface area (TPSA) is 52.2 Å². The second-order valence-electron chi connectivity index (χ2n) is 6.44. The fourth-order valence-electron chi connectivity index (χ4n) is 3.46. The number of amides is 1. The van der Waals surface area contributed by atoms with Crippen LogP contribution in [-0.2, 0) is 17.6 Å². The number of fused-ring (bicyclic) bond motifs is 1. The van der Waals surface area contributed by atoms with Crippen LogP contribution >= 0.6 is 0 Å². The van der Waals surface area contributed by atoms with E-state index in [2.05, 4.69) is 40.9 Å². The van der Waals surface area contributed by atoms with Crippen molar-refractivity contribution in [2.75, 3.05) is 20.1 Å². The largest absolute Gasteiger partial charge is 0.337 e. The molecule has 0 bridgehead atoms. The van der Waals surface area contributed by atoms with E-state index in [1.807, 2.05) is 6.20 Å². The first-order valence-corrected chi connectivity index (χ1v) is 7.58. The number of aromatic nitrogens is 2. The van der Waals surface area contributed by atoms with Crippen molar-refractivity contribution in [3.05, 3.63) is 17.5 Å². The number of aromatic amines is 1. The molecule has 1 fully saturated rings. The molecule has 1 aromatic heterocycles. The van der Waals surface area contributed by atoms with Crippen molar-refractivity contribution >= 4 is 5.91 Å². The van der Waals surface area contributed by atoms with Crippen molar-refractivity contribution in [3.8, 4) is 0 Å². The number of hydrogen-bond donors (Lipinski definition) is 1. The standard InChI is InChI=1S/C15H24N4O/c1-10-9-19(11(2)8-18(10)3)15(20)12-4-5-13-7-16-17-14(13)6-12/h7,10-12H,4-6,8-9H2,1-3H3,(H,16,17). The summed E-state index contributed by atoms with van der Waals surface area (Å²) in [5.74, 6) is 0.457. The summed E-state index contributed by atoms with van der Waals surface area (Å²) in [6, 6.07) is 0.758. The number of H-pyrrole nitrogens is 1. The van der Waals surface area contributed by atoms with Crippen LogP contribution in [0.3, 0.4) is 0 Å². The number of carbonyl (C=O) groups excluding carboxylic acids is 1. The van der Waals surface area contributed by atoms with E-state index >= 15 is 0 Å². The second-order valence-corrected chi connectivity index (χ2v) is 6.44. The molecule has 1 N–H and O–H groups in total. The lowest BCUT2D eigenvalue weighted by atomic mass is 9.86. The summed E-state index contributed by atoms with van der Waals surface area (Å²) in [5, 5.41) is 7.13. The molecule has 20 heavy (non-hydrogen) atoms. The summed E-state index contributed by atoms with van der Waals surface area (Å²) in [7, 11) is 2.14. The van der Waals surface area contributed by atoms with Gasteiger partial charge in [0.2, 0.25) is 5.91 Å². The van der Waals surface area contributed by atoms with Gasteiger partial charge < -0.3 is 4.90 Å². The van der Waals surface area contributed by atoms with Gasteiger partial charge in [-0.1, -0.05) is 0 Å². The smallest absolute Gasteiger partial charge is 0.226 e. The van der Waals surface area contributed by atoms with Crippen LogP contribution in [0.4, 0.5) is 0 Å². The van der Waals surface area contributed by atoms with E-state index in [1.54, 1.807) is 0 Å². The molecule has 5 nitrogen and oxygen atoms in total. The zero-order valence-electron chi connectivity index (χ0n) is 12.6. The molecule has 110 valence electrons. The van der Waals surface area contributed by atoms with E-state index in [0.717, 1.165) is 38.0 Å². The van der Waals surface area contributed by atoms with E-state index in [9.17, 15) is 4.79 Å². The van der Waals surface area contributed by atoms with Crippen molar-refractivity contribution in [2.24, 2.45) is 5.92 Å². The first-order chi connectivity index (χ1) is 9.56. The maximum absolute atomic E-state index is 12.8. The van der Waals surface area contributed by atoms with Crippen molar-refractivity contribution in [2.45, 2.75) is 45.2 Å². The van der Waals surface area contributed by atoms with Gasteiger partial charge in [0, 0.05) is 43.2 Å². The molecule has 2 heterocycles. The lowest BCUT2D eigenvalue weighted by molar-refractivity contribution is -0.141. The Labute approximate surface area is 120 Å². The highest BCUT2D eigenvalue weighted by molar-refractivity contribution is 5.80. The molecule has 3 rings (SSSR count). The minimum Gasteiger partial charge on any atom is -0.337 e. The lowest BCUT2D eigenvalue weighted by Gasteiger charge is -2.44. The average Bonchev–Trinajstić information content (AvgIpc) is 2.89. The van der Waals surface area contributed by atoms with E-state index < -0.39 is 0 Å². The maximum atomic E-state index is 12.8. The summed E-state index contributed by atoms with van der Waals surface area (Å²) >= 11 is 0. The molecule has 5 heteroatoms. The normalized spacial score (nSPS) is 31.1. The maximum Gasteiger partial charge on any atom is 0.226 e. The number of likely N-dealkylation sites (N-methyl/N-ethyl adjacent to an activating group) is 1. The Morgan fingerprint density at radius 1 is 1.35 bits per heavy atom. The molecule has 3 unspecified atom stereocenters. The highest BCUT2D eigenvalue weighted by Crippen LogP contribution is 2.27. The van der Waals surface area contributed by atoms with Gasteiger partial charge in [0.05, 0.1) is 6.20 Å². The van der Waals surface area contributed by atoms with Gasteiger partial charge >= 0.3 is 0 Å². The monoisotopic (exact) mass is 276 g/mol. The van der Waals surface area contributed by atoms with Crippen LogP contribution in [-0.4, -0.2) is 58.1 Å². The van der Waals surface area contributed by atoms with Gasteiger partial charge in [0.25, 0.3) is 0 Å². The number of aryl methyl sites for hydroxylation is 1. The Kier molecular flexibility index (Phi) is 3.54. The third kappa shape index (κ3) is 2.35. The minimum absolute atomic E-state index is 0.126. The van der Waals surface area contributed by atoms with Crippen LogP contribution in [0, 0.1) is 5.92 Å². The Bertz CT molecular complexity index is 498. The quantitative estimate of drug-likeness (QED) is 0.834. The van der Waals surface area contributed by atoms with E-state index in [1.165, 1.54) is 5.56 Å². The number of carbonyl (C=O) groups is 1. The third-order valence-electron chi connectivity index (χ3n) is 4.95. The van der Waals surface area contributed by atoms with Crippen molar-refractivity contribution in [3.63, 3.8) is 0 Å². The van der Waals surface area contributed by atoms with Crippen LogP contribution in [0.25, 0.3) is 0 Å². The zero-order valence-corrected chi connectivity index (χ0v) is 12.6. The van der Waals surface area contributed by atoms with Crippen molar-refractivity contribution in [1.29, 1.82) is 0 Å². The van der Waals surface area contributed by atoms with Crippen LogP contribution in [0.5, 0.6) is 0 Å². The number of nitrogens with zero attached hydrogens (tertiary/aromatic N) is 3. The van der Waals surface area contributed by atoms with E-state index in [0.29, 0.717) is 18.0 Å². The minimum atomic E-state index is 0.126. The SMILES string of the molecule is CC1CN(C(=O)C2CCc3cn[nH]c3C2)C(C)CN1C. The Hall–Kier alpha value is -1.36. The molecular formula is C15H24N4O. The van der Waals surface area contributed by atoms with Crippen LogP contribution in [0.1, 0.15) is 31.5 Å². The fourth-order valence-corrected chi connectivity index (χ4v) is 3.46. The molecule has 1 amide bonds. The molecule has 0 radical (unpaired) electrons. The molecule has 2 aliphatic rings. The molecule has 1 aliphatic carbocycles. The van der Waals surface area contributed by atoms with Crippen LogP contribution < -0.4 is 0 Å². The number of nitrogens with one attached hydrogen (secondary N) is 1. The van der Waals surface area contributed by atoms with Gasteiger partial charge in [0.15, 0.2) is 0 Å². The number of piperazine rings is 1. The lowest BCUT2D eigenvalue weighted by Crippen LogP contribution is -2.58. The first-order valence-electron chi connectivity index (χ1n) is 7.58. The molecule has 3 atom stereocenters. The first kappa shape index (κ1) is 13.6. The molecule has 0 spiro atoms. The fraction of sp³-hybridized carbons (Fsp3) is 0.733. The molecule has 1 aliphatic heterocycles. The van der Waals surface area contributed by atoms with Crippen LogP contribution in [0.2, 0.25) is 0 Å². The summed E-state index contributed by atoms with van der Waals surface area (Å²) in [6.45, 7) is 6.17. The molecule has 0 aromatic carbocycles. The van der Waals surface area contributed by atoms with Gasteiger partial charge in [-0.15, -0.1) is 0 Å². The molecule has 0 saturated carbocycles. The summed E-state index contributed by atoms with van der Waals surface area (Å²) in [6.07, 6.45) is 4.65. The van der Waals surface area contributed by atoms with E-state index in [4.69, 9.17) is 0 Å². The highest BCUT2D eigenvalue weighted by atomic mass is 16.2. The predicted molar refractivity (Wildman–Crippen MR) is 77.4 cm³/mol. The van der Waals surface area contributed by atoms with Crippen molar-refractivity contribution < 1.29 is 4.79 Å². The Morgan fingerprint density at radius 3 is 2.95 bits per heavy atom. The van der Waals surface area contributed by atoms with Gasteiger partial charge in [-0.25, -0.2) is 0 Å². The number of rotatable bonds is 1. The van der Waals surface area contributed by atoms with Gasteiger partial charge in [-0.2, -0.15) is 5.10 Å². The summed E-state index contributed by atoms with van der Waals surface area (Å²) in [5.41, 5.74) is 2.44. The average molecular weight is 276 g/mol. The van der Waals surface area contributed by atoms with Crippen LogP contribution in [0.15, 0.2) is 6.20 Å². The van der Waals surface area contributed by atoms with Gasteiger partial charge in [0.1, 0.15) is 0 Å². The predicted octanol–water partition coefficient (Wildman–Crippen LogP) is 1.07. The van der Waals surface area contributed by atoms with Gasteiger partial charge in [-0.3, -0.25) is 14.8 Å². The van der Waals surface area contributed by atoms with Crippen molar-refractivity contribution in [1.82, 2.24) is 20.0 Å². The van der Waals surface area contributed by atoms with Gasteiger partial charge in [-0.05, 0) is 39.3 Å². The Balaban J connectivity index is 1.70. The highest BCUT2D eigenvalue weighted by Gasteiger charge is 2.35. The van der Waals surface area contributed by atoms with E-state index in [-0.39, 0.29) is 5.92 Å². The zero-order chi connectivity index (χ0) is 14.3. The molecule has 1 aromatic rings. The Morgan fingerprint density at radius 2 is 2.15 bits per heavy atom. The number of hydrogen-bond acceptors (Lipinski definition) is 3. The summed E-state index contributed by atoms with van der Waals surface area (Å²) < 4.78 is 0. The third-order valence-corrected chi connectivity index (χ3v) is 4.95. The second kappa shape index (κ2) is 5.20. The summed E-state index contributed by atoms with van der Waals surface area (Å²) in [4.78, 5) is 17.3. The molecule has 1 saturated heterocycles. The molecular weight excluding hydrogens is 252 g/mol.